The van der Waals surface area contributed by atoms with E-state index in [-0.39, 0.29) is 23.2 Å². The number of hydrogen-bond acceptors (Lipinski definition) is 4. The summed E-state index contributed by atoms with van der Waals surface area (Å²) < 4.78 is 16.3. The quantitative estimate of drug-likeness (QED) is 0.787. The summed E-state index contributed by atoms with van der Waals surface area (Å²) in [6.07, 6.45) is -0.248. The van der Waals surface area contributed by atoms with Gasteiger partial charge in [0.05, 0.1) is 5.52 Å². The zero-order chi connectivity index (χ0) is 20.9. The lowest BCUT2D eigenvalue weighted by Gasteiger charge is -2.39. The van der Waals surface area contributed by atoms with E-state index in [1.165, 1.54) is 11.0 Å². The van der Waals surface area contributed by atoms with Crippen molar-refractivity contribution in [2.24, 2.45) is 5.92 Å². The molecular weight excluding hydrogens is 373 g/mol. The van der Waals surface area contributed by atoms with Crippen LogP contribution in [-0.2, 0) is 6.54 Å². The van der Waals surface area contributed by atoms with Crippen LogP contribution in [0.5, 0.6) is 0 Å². The number of likely N-dealkylation sites (tertiary alicyclic amines) is 1. The highest BCUT2D eigenvalue weighted by Crippen LogP contribution is 2.36. The molecule has 156 valence electrons. The highest BCUT2D eigenvalue weighted by Gasteiger charge is 2.33. The van der Waals surface area contributed by atoms with Crippen LogP contribution in [0, 0.1) is 11.7 Å². The van der Waals surface area contributed by atoms with Gasteiger partial charge >= 0.3 is 0 Å². The van der Waals surface area contributed by atoms with Gasteiger partial charge in [-0.1, -0.05) is 0 Å². The van der Waals surface area contributed by atoms with E-state index in [0.29, 0.717) is 30.7 Å². The van der Waals surface area contributed by atoms with Crippen molar-refractivity contribution in [3.05, 3.63) is 46.0 Å². The minimum absolute atomic E-state index is 0.0765. The second-order valence-corrected chi connectivity index (χ2v) is 9.34. The number of carbonyl (C=O) groups is 1. The molecule has 6 nitrogen and oxygen atoms in total. The summed E-state index contributed by atoms with van der Waals surface area (Å²) in [6.45, 7) is 8.80. The number of halogens is 1. The predicted octanol–water partition coefficient (Wildman–Crippen LogP) is 2.00. The van der Waals surface area contributed by atoms with E-state index in [2.05, 4.69) is 4.90 Å². The molecule has 4 rings (SSSR count). The van der Waals surface area contributed by atoms with E-state index in [9.17, 15) is 19.1 Å². The Labute approximate surface area is 169 Å². The minimum atomic E-state index is -1.14. The van der Waals surface area contributed by atoms with Gasteiger partial charge in [-0.2, -0.15) is 0 Å². The number of benzene rings is 1. The molecule has 1 amide bonds. The van der Waals surface area contributed by atoms with E-state index in [1.54, 1.807) is 22.8 Å². The van der Waals surface area contributed by atoms with Crippen molar-refractivity contribution in [1.29, 1.82) is 0 Å². The maximum atomic E-state index is 14.7. The van der Waals surface area contributed by atoms with Crippen LogP contribution in [-0.4, -0.2) is 52.2 Å². The first-order chi connectivity index (χ1) is 13.6. The predicted molar refractivity (Wildman–Crippen MR) is 107 cm³/mol. The van der Waals surface area contributed by atoms with Crippen molar-refractivity contribution in [3.8, 4) is 0 Å². The van der Waals surface area contributed by atoms with Gasteiger partial charge in [0.1, 0.15) is 11.9 Å². The number of pyridine rings is 1. The Balaban J connectivity index is 1.49. The van der Waals surface area contributed by atoms with E-state index in [1.807, 2.05) is 20.8 Å². The minimum Gasteiger partial charge on any atom is -0.530 e. The molecule has 2 atom stereocenters. The van der Waals surface area contributed by atoms with E-state index in [4.69, 9.17) is 0 Å². The molecule has 1 aromatic carbocycles. The molecular formula is C22H27FN3O3-. The normalized spacial score (nSPS) is 21.8. The SMILES string of the molecule is CC(C)(C)N(C[C@@H]1CCN(CC2Cn3c(=O)ccc4ccc(F)c2c43)C1)C(=O)[O-]. The molecule has 1 unspecified atom stereocenters. The Morgan fingerprint density at radius 2 is 1.97 bits per heavy atom. The lowest BCUT2D eigenvalue weighted by Crippen LogP contribution is -2.53. The van der Waals surface area contributed by atoms with Crippen molar-refractivity contribution < 1.29 is 14.3 Å². The second-order valence-electron chi connectivity index (χ2n) is 9.34. The Hall–Kier alpha value is -2.41. The van der Waals surface area contributed by atoms with Crippen molar-refractivity contribution in [2.75, 3.05) is 26.2 Å². The molecule has 1 saturated heterocycles. The monoisotopic (exact) mass is 400 g/mol. The average Bonchev–Trinajstić information content (AvgIpc) is 3.23. The first kappa shape index (κ1) is 19.9. The highest BCUT2D eigenvalue weighted by atomic mass is 19.1. The highest BCUT2D eigenvalue weighted by molar-refractivity contribution is 5.84. The molecule has 7 heteroatoms. The molecule has 0 N–H and O–H groups in total. The van der Waals surface area contributed by atoms with Crippen molar-refractivity contribution >= 4 is 17.0 Å². The molecule has 3 heterocycles. The molecule has 0 aliphatic carbocycles. The molecule has 2 aliphatic rings. The van der Waals surface area contributed by atoms with Crippen LogP contribution in [0.15, 0.2) is 29.1 Å². The molecule has 2 aromatic rings. The van der Waals surface area contributed by atoms with E-state index in [0.717, 1.165) is 24.9 Å². The number of carboxylic acid groups (broad SMARTS) is 1. The van der Waals surface area contributed by atoms with Crippen LogP contribution in [0.4, 0.5) is 9.18 Å². The number of carbonyl (C=O) groups excluding carboxylic acids is 1. The molecule has 0 saturated carbocycles. The third-order valence-corrected chi connectivity index (χ3v) is 6.27. The molecule has 1 aromatic heterocycles. The van der Waals surface area contributed by atoms with Gasteiger partial charge in [0.2, 0.25) is 0 Å². The van der Waals surface area contributed by atoms with Crippen LogP contribution in [0.3, 0.4) is 0 Å². The molecule has 0 radical (unpaired) electrons. The number of hydrogen-bond donors (Lipinski definition) is 0. The summed E-state index contributed by atoms with van der Waals surface area (Å²) in [6, 6.07) is 6.50. The van der Waals surface area contributed by atoms with Gasteiger partial charge in [-0.15, -0.1) is 0 Å². The van der Waals surface area contributed by atoms with Gasteiger partial charge in [-0.3, -0.25) is 4.79 Å². The molecule has 0 spiro atoms. The Kier molecular flexibility index (Phi) is 4.89. The van der Waals surface area contributed by atoms with Gasteiger partial charge in [-0.05, 0) is 63.2 Å². The van der Waals surface area contributed by atoms with Crippen LogP contribution in [0.1, 0.15) is 38.7 Å². The molecule has 29 heavy (non-hydrogen) atoms. The maximum Gasteiger partial charge on any atom is 0.251 e. The Morgan fingerprint density at radius 1 is 1.24 bits per heavy atom. The summed E-state index contributed by atoms with van der Waals surface area (Å²) >= 11 is 0. The smallest absolute Gasteiger partial charge is 0.251 e. The molecule has 2 aliphatic heterocycles. The summed E-state index contributed by atoms with van der Waals surface area (Å²) in [7, 11) is 0. The molecule has 1 fully saturated rings. The number of amides is 1. The summed E-state index contributed by atoms with van der Waals surface area (Å²) in [5.74, 6) is -0.113. The number of aromatic nitrogens is 1. The van der Waals surface area contributed by atoms with Crippen LogP contribution in [0.25, 0.3) is 10.9 Å². The summed E-state index contributed by atoms with van der Waals surface area (Å²) in [5, 5.41) is 12.4. The Morgan fingerprint density at radius 3 is 2.66 bits per heavy atom. The average molecular weight is 400 g/mol. The van der Waals surface area contributed by atoms with Crippen molar-refractivity contribution in [3.63, 3.8) is 0 Å². The summed E-state index contributed by atoms with van der Waals surface area (Å²) in [5.41, 5.74) is 0.754. The lowest BCUT2D eigenvalue weighted by atomic mass is 9.98. The van der Waals surface area contributed by atoms with Crippen LogP contribution < -0.4 is 10.7 Å². The van der Waals surface area contributed by atoms with Gasteiger partial charge in [-0.25, -0.2) is 4.39 Å². The fraction of sp³-hybridized carbons (Fsp3) is 0.545. The summed E-state index contributed by atoms with van der Waals surface area (Å²) in [4.78, 5) is 27.5. The number of nitrogens with zero attached hydrogens (tertiary/aromatic N) is 3. The van der Waals surface area contributed by atoms with Crippen LogP contribution in [0.2, 0.25) is 0 Å². The zero-order valence-electron chi connectivity index (χ0n) is 17.2. The standard InChI is InChI=1S/C22H28FN3O3/c1-22(2,3)26(21(28)29)11-14-8-9-24(10-14)12-16-13-25-18(27)7-5-15-4-6-17(23)19(16)20(15)25/h4-7,14,16H,8-13H2,1-3H3,(H,28,29)/p-1/t14-,16?/m1/s1. The first-order valence-electron chi connectivity index (χ1n) is 10.2. The van der Waals surface area contributed by atoms with Crippen molar-refractivity contribution in [2.45, 2.75) is 45.2 Å². The van der Waals surface area contributed by atoms with E-state index >= 15 is 0 Å². The first-order valence-corrected chi connectivity index (χ1v) is 10.2. The van der Waals surface area contributed by atoms with Crippen LogP contribution >= 0.6 is 0 Å². The fourth-order valence-corrected chi connectivity index (χ4v) is 4.85. The van der Waals surface area contributed by atoms with Crippen molar-refractivity contribution in [1.82, 2.24) is 14.4 Å². The zero-order valence-corrected chi connectivity index (χ0v) is 17.2. The van der Waals surface area contributed by atoms with Gasteiger partial charge in [0.15, 0.2) is 0 Å². The molecule has 0 bridgehead atoms. The van der Waals surface area contributed by atoms with Gasteiger partial charge in [0, 0.05) is 49.3 Å². The second kappa shape index (κ2) is 7.13. The van der Waals surface area contributed by atoms with Gasteiger partial charge < -0.3 is 24.3 Å². The topological polar surface area (TPSA) is 68.6 Å². The fourth-order valence-electron chi connectivity index (χ4n) is 4.85. The maximum absolute atomic E-state index is 14.7. The Bertz CT molecular complexity index is 1010. The third kappa shape index (κ3) is 3.64. The van der Waals surface area contributed by atoms with E-state index < -0.39 is 11.6 Å². The third-order valence-electron chi connectivity index (χ3n) is 6.27. The largest absolute Gasteiger partial charge is 0.530 e. The van der Waals surface area contributed by atoms with Gasteiger partial charge in [0.25, 0.3) is 5.56 Å². The lowest BCUT2D eigenvalue weighted by molar-refractivity contribution is -0.271. The number of rotatable bonds is 4.